The van der Waals surface area contributed by atoms with Crippen molar-refractivity contribution in [1.82, 2.24) is 19.3 Å². The predicted octanol–water partition coefficient (Wildman–Crippen LogP) is 5.11. The normalized spacial score (nSPS) is 14.4. The number of aromatic nitrogens is 2. The third-order valence-corrected chi connectivity index (χ3v) is 6.66. The molecule has 1 saturated heterocycles. The highest BCUT2D eigenvalue weighted by atomic mass is 35.5. The van der Waals surface area contributed by atoms with Gasteiger partial charge in [0.2, 0.25) is 0 Å². The van der Waals surface area contributed by atoms with Crippen molar-refractivity contribution in [3.63, 3.8) is 0 Å². The molecular formula is C27H24ClN7O. The molecule has 0 atom stereocenters. The zero-order valence-electron chi connectivity index (χ0n) is 20.0. The van der Waals surface area contributed by atoms with Crippen LogP contribution in [0.5, 0.6) is 0 Å². The van der Waals surface area contributed by atoms with Gasteiger partial charge in [0.1, 0.15) is 11.6 Å². The van der Waals surface area contributed by atoms with Gasteiger partial charge in [0.05, 0.1) is 24.5 Å². The summed E-state index contributed by atoms with van der Waals surface area (Å²) in [7, 11) is 2.10. The van der Waals surface area contributed by atoms with E-state index in [1.54, 1.807) is 6.07 Å². The average molecular weight is 498 g/mol. The van der Waals surface area contributed by atoms with Gasteiger partial charge in [0.25, 0.3) is 5.56 Å². The second kappa shape index (κ2) is 9.90. The molecule has 1 aliphatic rings. The van der Waals surface area contributed by atoms with Crippen molar-refractivity contribution in [3.8, 4) is 28.5 Å². The van der Waals surface area contributed by atoms with Crippen LogP contribution in [0.15, 0.2) is 75.8 Å². The molecule has 2 aromatic heterocycles. The van der Waals surface area contributed by atoms with Gasteiger partial charge in [-0.2, -0.15) is 10.2 Å². The van der Waals surface area contributed by atoms with Crippen molar-refractivity contribution >= 4 is 22.9 Å². The third kappa shape index (κ3) is 4.59. The summed E-state index contributed by atoms with van der Waals surface area (Å²) in [5, 5.41) is 21.3. The molecule has 1 fully saturated rings. The number of hydrogen-bond donors (Lipinski definition) is 0. The minimum Gasteiger partial charge on any atom is -0.303 e. The van der Waals surface area contributed by atoms with Crippen LogP contribution < -0.4 is 5.56 Å². The summed E-state index contributed by atoms with van der Waals surface area (Å²) in [6.07, 6.45) is 0. The number of aryl methyl sites for hydroxylation is 1. The number of fused-ring (bicyclic) bond motifs is 1. The van der Waals surface area contributed by atoms with E-state index in [1.165, 1.54) is 6.07 Å². The van der Waals surface area contributed by atoms with Gasteiger partial charge in [-0.1, -0.05) is 47.2 Å². The van der Waals surface area contributed by atoms with Crippen molar-refractivity contribution in [2.24, 2.45) is 10.3 Å². The maximum atomic E-state index is 12.3. The molecule has 1 aliphatic heterocycles. The fourth-order valence-electron chi connectivity index (χ4n) is 4.38. The van der Waals surface area contributed by atoms with Crippen LogP contribution in [-0.4, -0.2) is 52.5 Å². The van der Waals surface area contributed by atoms with Gasteiger partial charge >= 0.3 is 0 Å². The van der Waals surface area contributed by atoms with Crippen LogP contribution in [0.4, 0.5) is 5.69 Å². The fraction of sp³-hybridized carbons (Fsp3) is 0.222. The lowest BCUT2D eigenvalue weighted by atomic mass is 9.98. The zero-order chi connectivity index (χ0) is 25.2. The molecule has 36 heavy (non-hydrogen) atoms. The van der Waals surface area contributed by atoms with E-state index in [2.05, 4.69) is 33.3 Å². The Morgan fingerprint density at radius 3 is 2.42 bits per heavy atom. The molecule has 9 heteroatoms. The van der Waals surface area contributed by atoms with Crippen LogP contribution in [0, 0.1) is 18.3 Å². The summed E-state index contributed by atoms with van der Waals surface area (Å²) >= 11 is 6.50. The average Bonchev–Trinajstić information content (AvgIpc) is 2.88. The Hall–Kier alpha value is -4.06. The third-order valence-electron chi connectivity index (χ3n) is 6.33. The van der Waals surface area contributed by atoms with E-state index in [4.69, 9.17) is 11.6 Å². The quantitative estimate of drug-likeness (QED) is 0.365. The molecule has 4 aromatic rings. The fourth-order valence-corrected chi connectivity index (χ4v) is 4.61. The summed E-state index contributed by atoms with van der Waals surface area (Å²) in [5.41, 5.74) is 4.60. The highest BCUT2D eigenvalue weighted by molar-refractivity contribution is 6.33. The first-order valence-corrected chi connectivity index (χ1v) is 12.0. The Bertz CT molecular complexity index is 1560. The lowest BCUT2D eigenvalue weighted by Crippen LogP contribution is -2.41. The summed E-state index contributed by atoms with van der Waals surface area (Å²) < 4.78 is 1.83. The van der Waals surface area contributed by atoms with E-state index in [1.807, 2.05) is 64.9 Å². The number of pyridine rings is 1. The summed E-state index contributed by atoms with van der Waals surface area (Å²) in [6.45, 7) is 5.46. The number of nitriles is 1. The van der Waals surface area contributed by atoms with Gasteiger partial charge < -0.3 is 4.90 Å². The van der Waals surface area contributed by atoms with Crippen LogP contribution in [0.25, 0.3) is 28.0 Å². The number of likely N-dealkylation sites (N-methyl/N-ethyl adjacent to an activating group) is 1. The second-order valence-corrected chi connectivity index (χ2v) is 9.21. The van der Waals surface area contributed by atoms with Gasteiger partial charge in [-0.15, -0.1) is 5.11 Å². The predicted molar refractivity (Wildman–Crippen MR) is 140 cm³/mol. The molecular weight excluding hydrogens is 474 g/mol. The molecule has 0 spiro atoms. The standard InChI is InChI=1S/C27H24ClN7O/c1-18-15-26(36)30-27-23(17-29)22(21-5-3-4-6-24(21)28)16-25(35(18)27)19-7-9-20(10-8-19)31-32-34-13-11-33(2)12-14-34/h3-10,15-16H,11-14H2,1-2H3. The first kappa shape index (κ1) is 23.7. The van der Waals surface area contributed by atoms with Crippen LogP contribution in [0.1, 0.15) is 11.3 Å². The lowest BCUT2D eigenvalue weighted by Gasteiger charge is -2.29. The first-order chi connectivity index (χ1) is 17.4. The maximum absolute atomic E-state index is 12.3. The van der Waals surface area contributed by atoms with Crippen molar-refractivity contribution in [1.29, 1.82) is 5.26 Å². The van der Waals surface area contributed by atoms with Gasteiger partial charge in [-0.25, -0.2) is 0 Å². The van der Waals surface area contributed by atoms with Crippen LogP contribution in [0.2, 0.25) is 5.02 Å². The minimum atomic E-state index is -0.397. The largest absolute Gasteiger partial charge is 0.303 e. The Labute approximate surface area is 213 Å². The van der Waals surface area contributed by atoms with Gasteiger partial charge in [-0.05, 0) is 43.8 Å². The van der Waals surface area contributed by atoms with Gasteiger partial charge in [0, 0.05) is 41.0 Å². The van der Waals surface area contributed by atoms with Gasteiger partial charge in [-0.3, -0.25) is 14.2 Å². The number of piperazine rings is 1. The second-order valence-electron chi connectivity index (χ2n) is 8.80. The Kier molecular flexibility index (Phi) is 6.51. The van der Waals surface area contributed by atoms with Crippen LogP contribution in [0.3, 0.4) is 0 Å². The summed E-state index contributed by atoms with van der Waals surface area (Å²) in [5.74, 6) is 0. The summed E-state index contributed by atoms with van der Waals surface area (Å²) in [4.78, 5) is 18.8. The smallest absolute Gasteiger partial charge is 0.273 e. The van der Waals surface area contributed by atoms with Gasteiger partial charge in [0.15, 0.2) is 5.65 Å². The number of rotatable bonds is 4. The monoisotopic (exact) mass is 497 g/mol. The Morgan fingerprint density at radius 2 is 1.72 bits per heavy atom. The topological polar surface area (TPSA) is 89.4 Å². The maximum Gasteiger partial charge on any atom is 0.273 e. The molecule has 0 N–H and O–H groups in total. The molecule has 0 radical (unpaired) electrons. The molecule has 5 rings (SSSR count). The Balaban J connectivity index is 1.62. The lowest BCUT2D eigenvalue weighted by molar-refractivity contribution is 0.150. The highest BCUT2D eigenvalue weighted by Gasteiger charge is 2.19. The number of halogens is 1. The molecule has 0 saturated carbocycles. The number of benzene rings is 2. The van der Waals surface area contributed by atoms with E-state index in [9.17, 15) is 10.1 Å². The van der Waals surface area contributed by atoms with Crippen LogP contribution in [-0.2, 0) is 0 Å². The molecule has 3 heterocycles. The van der Waals surface area contributed by atoms with Crippen LogP contribution >= 0.6 is 11.6 Å². The SMILES string of the molecule is Cc1cc(=O)nc2c(C#N)c(-c3ccccc3Cl)cc(-c3ccc(N=NN4CCN(C)CC4)cc3)n12. The molecule has 8 nitrogen and oxygen atoms in total. The zero-order valence-corrected chi connectivity index (χ0v) is 20.8. The molecule has 0 unspecified atom stereocenters. The molecule has 0 amide bonds. The molecule has 2 aromatic carbocycles. The van der Waals surface area contributed by atoms with E-state index in [0.29, 0.717) is 33.1 Å². The summed E-state index contributed by atoms with van der Waals surface area (Å²) in [6, 6.07) is 20.7. The van der Waals surface area contributed by atoms with Crippen molar-refractivity contribution in [2.75, 3.05) is 33.2 Å². The van der Waals surface area contributed by atoms with Crippen molar-refractivity contribution in [2.45, 2.75) is 6.92 Å². The number of nitrogens with zero attached hydrogens (tertiary/aromatic N) is 7. The molecule has 0 aliphatic carbocycles. The minimum absolute atomic E-state index is 0.297. The highest BCUT2D eigenvalue weighted by Crippen LogP contribution is 2.36. The van der Waals surface area contributed by atoms with E-state index in [-0.39, 0.29) is 0 Å². The first-order valence-electron chi connectivity index (χ1n) is 11.6. The number of hydrogen-bond acceptors (Lipinski definition) is 6. The van der Waals surface area contributed by atoms with E-state index >= 15 is 0 Å². The molecule has 0 bridgehead atoms. The van der Waals surface area contributed by atoms with Crippen molar-refractivity contribution in [3.05, 3.63) is 87.3 Å². The van der Waals surface area contributed by atoms with Crippen molar-refractivity contribution < 1.29 is 0 Å². The molecule has 180 valence electrons. The van der Waals surface area contributed by atoms with E-state index in [0.717, 1.165) is 43.1 Å². The van der Waals surface area contributed by atoms with E-state index < -0.39 is 5.56 Å². The Morgan fingerprint density at radius 1 is 1.00 bits per heavy atom.